The Kier molecular flexibility index (Phi) is 6.17. The summed E-state index contributed by atoms with van der Waals surface area (Å²) in [4.78, 5) is 24.5. The second-order valence-corrected chi connectivity index (χ2v) is 8.64. The highest BCUT2D eigenvalue weighted by Gasteiger charge is 2.30. The fraction of sp³-hybridized carbons (Fsp3) is 0.545. The molecule has 1 amide bonds. The molecule has 3 rings (SSSR count). The molecule has 1 atom stereocenters. The number of hydrogen-bond donors (Lipinski definition) is 2. The number of pyridine rings is 1. The maximum atomic E-state index is 12.5. The Morgan fingerprint density at radius 2 is 1.83 bits per heavy atom. The van der Waals surface area contributed by atoms with Crippen LogP contribution in [0.15, 0.2) is 35.1 Å². The van der Waals surface area contributed by atoms with Gasteiger partial charge in [-0.05, 0) is 70.0 Å². The van der Waals surface area contributed by atoms with Crippen molar-refractivity contribution in [2.45, 2.75) is 64.3 Å². The number of alkyl carbamates (subject to hydrolysis) is 1. The van der Waals surface area contributed by atoms with E-state index in [0.717, 1.165) is 18.2 Å². The molecule has 0 bridgehead atoms. The number of aliphatic hydroxyl groups is 1. The van der Waals surface area contributed by atoms with Gasteiger partial charge in [0.05, 0.1) is 12.6 Å². The Balaban J connectivity index is 1.71. The molecule has 1 aliphatic rings. The van der Waals surface area contributed by atoms with Gasteiger partial charge in [0.25, 0.3) is 5.56 Å². The quantitative estimate of drug-likeness (QED) is 0.816. The van der Waals surface area contributed by atoms with E-state index in [9.17, 15) is 14.7 Å². The van der Waals surface area contributed by atoms with Crippen LogP contribution in [0.1, 0.15) is 52.7 Å². The Labute approximate surface area is 170 Å². The molecule has 7 nitrogen and oxygen atoms in total. The SMILES string of the molecule is COc1ccc2ccc(=O)n(C(O)C3CCC(NC(=O)OC(C)(C)C)CC3)c2c1. The van der Waals surface area contributed by atoms with Gasteiger partial charge in [-0.2, -0.15) is 0 Å². The Bertz CT molecular complexity index is 923. The maximum absolute atomic E-state index is 12.5. The summed E-state index contributed by atoms with van der Waals surface area (Å²) in [6.45, 7) is 5.49. The standard InChI is InChI=1S/C22H30N2O5/c1-22(2,3)29-21(27)23-16-9-5-15(6-10-16)20(26)24-18-13-17(28-4)11-7-14(18)8-12-19(24)25/h7-8,11-13,15-16,20,26H,5-6,9-10H2,1-4H3,(H,23,27). The van der Waals surface area contributed by atoms with Gasteiger partial charge in [-0.3, -0.25) is 9.36 Å². The molecule has 29 heavy (non-hydrogen) atoms. The van der Waals surface area contributed by atoms with E-state index in [1.165, 1.54) is 10.6 Å². The van der Waals surface area contributed by atoms with Gasteiger partial charge in [-0.15, -0.1) is 0 Å². The number of benzene rings is 1. The molecule has 7 heteroatoms. The summed E-state index contributed by atoms with van der Waals surface area (Å²) in [5.41, 5.74) is -0.126. The average molecular weight is 402 g/mol. The third kappa shape index (κ3) is 5.09. The molecular weight excluding hydrogens is 372 g/mol. The first-order chi connectivity index (χ1) is 13.7. The van der Waals surface area contributed by atoms with Crippen molar-refractivity contribution in [3.05, 3.63) is 40.7 Å². The molecule has 2 aromatic rings. The van der Waals surface area contributed by atoms with Crippen molar-refractivity contribution in [3.63, 3.8) is 0 Å². The van der Waals surface area contributed by atoms with Crippen LogP contribution >= 0.6 is 0 Å². The Morgan fingerprint density at radius 1 is 1.17 bits per heavy atom. The summed E-state index contributed by atoms with van der Waals surface area (Å²) in [6, 6.07) is 8.72. The zero-order valence-electron chi connectivity index (χ0n) is 17.5. The van der Waals surface area contributed by atoms with Gasteiger partial charge < -0.3 is 19.9 Å². The van der Waals surface area contributed by atoms with Crippen molar-refractivity contribution in [1.82, 2.24) is 9.88 Å². The minimum Gasteiger partial charge on any atom is -0.497 e. The molecule has 2 N–H and O–H groups in total. The van der Waals surface area contributed by atoms with Crippen LogP contribution in [0, 0.1) is 5.92 Å². The van der Waals surface area contributed by atoms with Crippen LogP contribution in [0.3, 0.4) is 0 Å². The highest BCUT2D eigenvalue weighted by Crippen LogP contribution is 2.33. The van der Waals surface area contributed by atoms with E-state index < -0.39 is 17.9 Å². The molecule has 0 spiro atoms. The van der Waals surface area contributed by atoms with Crippen molar-refractivity contribution >= 4 is 17.0 Å². The minimum atomic E-state index is -0.930. The second kappa shape index (κ2) is 8.45. The van der Waals surface area contributed by atoms with Crippen LogP contribution in [0.25, 0.3) is 10.9 Å². The number of carbonyl (C=O) groups excluding carboxylic acids is 1. The predicted octanol–water partition coefficient (Wildman–Crippen LogP) is 3.58. The van der Waals surface area contributed by atoms with Crippen LogP contribution in [-0.2, 0) is 4.74 Å². The summed E-state index contributed by atoms with van der Waals surface area (Å²) in [6.07, 6.45) is 1.51. The zero-order chi connectivity index (χ0) is 21.2. The number of nitrogens with zero attached hydrogens (tertiary/aromatic N) is 1. The lowest BCUT2D eigenvalue weighted by Crippen LogP contribution is -2.42. The molecule has 0 radical (unpaired) electrons. The van der Waals surface area contributed by atoms with E-state index in [2.05, 4.69) is 5.32 Å². The van der Waals surface area contributed by atoms with Crippen molar-refractivity contribution in [2.24, 2.45) is 5.92 Å². The van der Waals surface area contributed by atoms with Gasteiger partial charge >= 0.3 is 6.09 Å². The van der Waals surface area contributed by atoms with Gasteiger partial charge in [0.15, 0.2) is 0 Å². The summed E-state index contributed by atoms with van der Waals surface area (Å²) in [5, 5.41) is 14.8. The van der Waals surface area contributed by atoms with Gasteiger partial charge in [-0.25, -0.2) is 4.79 Å². The summed E-state index contributed by atoms with van der Waals surface area (Å²) >= 11 is 0. The Hall–Kier alpha value is -2.54. The van der Waals surface area contributed by atoms with Gasteiger partial charge in [0, 0.05) is 24.1 Å². The number of ether oxygens (including phenoxy) is 2. The number of rotatable bonds is 4. The molecular formula is C22H30N2O5. The lowest BCUT2D eigenvalue weighted by Gasteiger charge is -2.33. The predicted molar refractivity (Wildman–Crippen MR) is 111 cm³/mol. The van der Waals surface area contributed by atoms with E-state index in [1.807, 2.05) is 32.9 Å². The molecule has 1 aromatic heterocycles. The summed E-state index contributed by atoms with van der Waals surface area (Å²) in [5.74, 6) is 0.565. The van der Waals surface area contributed by atoms with E-state index >= 15 is 0 Å². The second-order valence-electron chi connectivity index (χ2n) is 8.64. The van der Waals surface area contributed by atoms with Crippen molar-refractivity contribution < 1.29 is 19.4 Å². The smallest absolute Gasteiger partial charge is 0.407 e. The number of aliphatic hydroxyl groups excluding tert-OH is 1. The molecule has 1 saturated carbocycles. The first kappa shape index (κ1) is 21.2. The third-order valence-corrected chi connectivity index (χ3v) is 5.32. The molecule has 1 fully saturated rings. The monoisotopic (exact) mass is 402 g/mol. The lowest BCUT2D eigenvalue weighted by molar-refractivity contribution is 0.0174. The molecule has 0 aliphatic heterocycles. The van der Waals surface area contributed by atoms with Gasteiger partial charge in [0.2, 0.25) is 0 Å². The lowest BCUT2D eigenvalue weighted by atomic mass is 9.84. The van der Waals surface area contributed by atoms with Gasteiger partial charge in [0.1, 0.15) is 17.6 Å². The van der Waals surface area contributed by atoms with Crippen LogP contribution in [-0.4, -0.2) is 34.5 Å². The highest BCUT2D eigenvalue weighted by atomic mass is 16.6. The van der Waals surface area contributed by atoms with Crippen LogP contribution in [0.5, 0.6) is 5.75 Å². The number of fused-ring (bicyclic) bond motifs is 1. The maximum Gasteiger partial charge on any atom is 0.407 e. The molecule has 0 saturated heterocycles. The molecule has 1 aliphatic carbocycles. The number of carbonyl (C=O) groups is 1. The third-order valence-electron chi connectivity index (χ3n) is 5.32. The topological polar surface area (TPSA) is 89.8 Å². The fourth-order valence-electron chi connectivity index (χ4n) is 3.88. The normalized spacial score (nSPS) is 20.9. The Morgan fingerprint density at radius 3 is 2.45 bits per heavy atom. The first-order valence-corrected chi connectivity index (χ1v) is 10.0. The number of hydrogen-bond acceptors (Lipinski definition) is 5. The average Bonchev–Trinajstić information content (AvgIpc) is 2.66. The minimum absolute atomic E-state index is 0.0117. The van der Waals surface area contributed by atoms with E-state index in [4.69, 9.17) is 9.47 Å². The van der Waals surface area contributed by atoms with Crippen LogP contribution in [0.4, 0.5) is 4.79 Å². The van der Waals surface area contributed by atoms with E-state index in [-0.39, 0.29) is 17.5 Å². The van der Waals surface area contributed by atoms with E-state index in [1.54, 1.807) is 19.2 Å². The number of aromatic nitrogens is 1. The van der Waals surface area contributed by atoms with Crippen LogP contribution < -0.4 is 15.6 Å². The summed E-state index contributed by atoms with van der Waals surface area (Å²) < 4.78 is 12.0. The van der Waals surface area contributed by atoms with Crippen molar-refractivity contribution in [2.75, 3.05) is 7.11 Å². The molecule has 1 unspecified atom stereocenters. The number of amides is 1. The van der Waals surface area contributed by atoms with Crippen LogP contribution in [0.2, 0.25) is 0 Å². The first-order valence-electron chi connectivity index (χ1n) is 10.0. The van der Waals surface area contributed by atoms with Gasteiger partial charge in [-0.1, -0.05) is 0 Å². The highest BCUT2D eigenvalue weighted by molar-refractivity contribution is 5.80. The number of nitrogens with one attached hydrogen (secondary N) is 1. The fourth-order valence-corrected chi connectivity index (χ4v) is 3.88. The largest absolute Gasteiger partial charge is 0.497 e. The van der Waals surface area contributed by atoms with Crippen molar-refractivity contribution in [3.8, 4) is 5.75 Å². The summed E-state index contributed by atoms with van der Waals surface area (Å²) in [7, 11) is 1.57. The molecule has 1 heterocycles. The molecule has 1 aromatic carbocycles. The van der Waals surface area contributed by atoms with E-state index in [0.29, 0.717) is 24.1 Å². The number of methoxy groups -OCH3 is 1. The van der Waals surface area contributed by atoms with Crippen molar-refractivity contribution in [1.29, 1.82) is 0 Å². The zero-order valence-corrected chi connectivity index (χ0v) is 17.5. The molecule has 158 valence electrons.